The molecule has 3 N–H and O–H groups in total. The van der Waals surface area contributed by atoms with Gasteiger partial charge in [-0.25, -0.2) is 0 Å². The molecule has 1 heterocycles. The van der Waals surface area contributed by atoms with E-state index in [9.17, 15) is 4.79 Å². The Kier molecular flexibility index (Phi) is 1.59. The second-order valence-corrected chi connectivity index (χ2v) is 3.12. The number of anilines is 1. The van der Waals surface area contributed by atoms with Gasteiger partial charge in [0, 0.05) is 17.1 Å². The summed E-state index contributed by atoms with van der Waals surface area (Å²) < 4.78 is 0. The van der Waals surface area contributed by atoms with Gasteiger partial charge in [0.15, 0.2) is 0 Å². The van der Waals surface area contributed by atoms with Gasteiger partial charge in [-0.2, -0.15) is 0 Å². The van der Waals surface area contributed by atoms with E-state index < -0.39 is 0 Å². The Bertz CT molecular complexity index is 514. The monoisotopic (exact) mass is 174 g/mol. The van der Waals surface area contributed by atoms with Gasteiger partial charge in [-0.05, 0) is 24.6 Å². The van der Waals surface area contributed by atoms with Crippen molar-refractivity contribution >= 4 is 16.6 Å². The van der Waals surface area contributed by atoms with E-state index in [0.717, 1.165) is 11.1 Å². The van der Waals surface area contributed by atoms with Gasteiger partial charge < -0.3 is 10.7 Å². The molecular weight excluding hydrogens is 164 g/mol. The fraction of sp³-hybridized carbons (Fsp3) is 0.100. The van der Waals surface area contributed by atoms with E-state index in [1.54, 1.807) is 6.07 Å². The third-order valence-electron chi connectivity index (χ3n) is 2.07. The second-order valence-electron chi connectivity index (χ2n) is 3.12. The minimum absolute atomic E-state index is 0.103. The molecule has 0 bridgehead atoms. The van der Waals surface area contributed by atoms with Crippen LogP contribution in [0.5, 0.6) is 0 Å². The Labute approximate surface area is 75.2 Å². The maximum Gasteiger partial charge on any atom is 0.212 e. The van der Waals surface area contributed by atoms with Gasteiger partial charge in [0.2, 0.25) is 5.43 Å². The number of aromatic amines is 1. The maximum atomic E-state index is 11.5. The number of nitrogens with one attached hydrogen (secondary N) is 1. The predicted molar refractivity (Wildman–Crippen MR) is 53.7 cm³/mol. The summed E-state index contributed by atoms with van der Waals surface area (Å²) >= 11 is 0. The van der Waals surface area contributed by atoms with E-state index in [0.29, 0.717) is 5.39 Å². The first kappa shape index (κ1) is 7.86. The van der Waals surface area contributed by atoms with Crippen LogP contribution < -0.4 is 11.2 Å². The van der Waals surface area contributed by atoms with Crippen molar-refractivity contribution in [2.75, 3.05) is 5.73 Å². The van der Waals surface area contributed by atoms with Gasteiger partial charge in [-0.15, -0.1) is 0 Å². The van der Waals surface area contributed by atoms with Crippen LogP contribution in [0.25, 0.3) is 10.9 Å². The average molecular weight is 174 g/mol. The van der Waals surface area contributed by atoms with Crippen molar-refractivity contribution in [1.29, 1.82) is 0 Å². The van der Waals surface area contributed by atoms with Crippen LogP contribution >= 0.6 is 0 Å². The quantitative estimate of drug-likeness (QED) is 0.634. The Morgan fingerprint density at radius 3 is 2.92 bits per heavy atom. The number of nitrogen functional groups attached to an aromatic ring is 1. The lowest BCUT2D eigenvalue weighted by Gasteiger charge is -1.99. The molecular formula is C10H10N2O. The normalized spacial score (nSPS) is 10.5. The molecule has 0 unspecified atom stereocenters. The Morgan fingerprint density at radius 1 is 1.38 bits per heavy atom. The van der Waals surface area contributed by atoms with Crippen LogP contribution in [0, 0.1) is 6.92 Å². The lowest BCUT2D eigenvalue weighted by Crippen LogP contribution is -2.08. The molecule has 1 aromatic heterocycles. The highest BCUT2D eigenvalue weighted by Gasteiger charge is 2.00. The number of hydrogen-bond donors (Lipinski definition) is 2. The summed E-state index contributed by atoms with van der Waals surface area (Å²) in [6.07, 6.45) is 1.53. The highest BCUT2D eigenvalue weighted by Crippen LogP contribution is 2.10. The minimum atomic E-state index is -0.103. The number of H-pyrrole nitrogens is 1. The lowest BCUT2D eigenvalue weighted by atomic mass is 10.1. The van der Waals surface area contributed by atoms with Crippen molar-refractivity contribution in [1.82, 2.24) is 4.98 Å². The van der Waals surface area contributed by atoms with Crippen molar-refractivity contribution in [2.24, 2.45) is 0 Å². The summed E-state index contributed by atoms with van der Waals surface area (Å²) in [5.41, 5.74) is 7.59. The molecule has 0 radical (unpaired) electrons. The summed E-state index contributed by atoms with van der Waals surface area (Å²) in [6, 6.07) is 5.62. The minimum Gasteiger partial charge on any atom is -0.394 e. The molecule has 0 spiro atoms. The molecule has 0 saturated carbocycles. The molecule has 0 fully saturated rings. The Morgan fingerprint density at radius 2 is 2.15 bits per heavy atom. The Hall–Kier alpha value is -1.77. The van der Waals surface area contributed by atoms with Crippen LogP contribution in [0.2, 0.25) is 0 Å². The van der Waals surface area contributed by atoms with E-state index in [4.69, 9.17) is 5.73 Å². The zero-order valence-corrected chi connectivity index (χ0v) is 7.29. The SMILES string of the molecule is Cc1ccc2c(=O)c(N)c[nH]c2c1. The molecule has 0 aliphatic carbocycles. The van der Waals surface area contributed by atoms with Crippen LogP contribution in [0.4, 0.5) is 5.69 Å². The number of pyridine rings is 1. The van der Waals surface area contributed by atoms with Crippen molar-refractivity contribution in [3.63, 3.8) is 0 Å². The largest absolute Gasteiger partial charge is 0.394 e. The molecule has 0 atom stereocenters. The molecule has 2 aromatic rings. The average Bonchev–Trinajstić information content (AvgIpc) is 2.12. The first-order chi connectivity index (χ1) is 6.18. The van der Waals surface area contributed by atoms with E-state index in [1.165, 1.54) is 6.20 Å². The molecule has 13 heavy (non-hydrogen) atoms. The predicted octanol–water partition coefficient (Wildman–Crippen LogP) is 1.42. The van der Waals surface area contributed by atoms with Gasteiger partial charge in [0.1, 0.15) is 0 Å². The second kappa shape index (κ2) is 2.62. The standard InChI is InChI=1S/C10H10N2O/c1-6-2-3-7-9(4-6)12-5-8(11)10(7)13/h2-5H,11H2,1H3,(H,12,13). The van der Waals surface area contributed by atoms with E-state index in [-0.39, 0.29) is 11.1 Å². The van der Waals surface area contributed by atoms with Gasteiger partial charge >= 0.3 is 0 Å². The number of nitrogens with two attached hydrogens (primary N) is 1. The van der Waals surface area contributed by atoms with Crippen LogP contribution in [0.3, 0.4) is 0 Å². The third-order valence-corrected chi connectivity index (χ3v) is 2.07. The molecule has 0 aliphatic heterocycles. The van der Waals surface area contributed by atoms with Crippen molar-refractivity contribution < 1.29 is 0 Å². The fourth-order valence-corrected chi connectivity index (χ4v) is 1.35. The van der Waals surface area contributed by atoms with Gasteiger partial charge in [-0.3, -0.25) is 4.79 Å². The van der Waals surface area contributed by atoms with E-state index in [1.807, 2.05) is 19.1 Å². The maximum absolute atomic E-state index is 11.5. The van der Waals surface area contributed by atoms with Crippen molar-refractivity contribution in [3.8, 4) is 0 Å². The first-order valence-corrected chi connectivity index (χ1v) is 4.06. The van der Waals surface area contributed by atoms with E-state index in [2.05, 4.69) is 4.98 Å². The van der Waals surface area contributed by atoms with Crippen LogP contribution in [0.1, 0.15) is 5.56 Å². The zero-order chi connectivity index (χ0) is 9.42. The Balaban J connectivity index is 2.95. The zero-order valence-electron chi connectivity index (χ0n) is 7.29. The number of rotatable bonds is 0. The first-order valence-electron chi connectivity index (χ1n) is 4.06. The fourth-order valence-electron chi connectivity index (χ4n) is 1.35. The molecule has 66 valence electrons. The molecule has 0 saturated heterocycles. The van der Waals surface area contributed by atoms with Crippen LogP contribution in [0.15, 0.2) is 29.2 Å². The van der Waals surface area contributed by atoms with E-state index >= 15 is 0 Å². The summed E-state index contributed by atoms with van der Waals surface area (Å²) in [5.74, 6) is 0. The summed E-state index contributed by atoms with van der Waals surface area (Å²) in [4.78, 5) is 14.5. The van der Waals surface area contributed by atoms with Gasteiger partial charge in [-0.1, -0.05) is 6.07 Å². The highest BCUT2D eigenvalue weighted by molar-refractivity contribution is 5.81. The summed E-state index contributed by atoms with van der Waals surface area (Å²) in [7, 11) is 0. The van der Waals surface area contributed by atoms with Gasteiger partial charge in [0.05, 0.1) is 5.69 Å². The van der Waals surface area contributed by atoms with Crippen LogP contribution in [-0.4, -0.2) is 4.98 Å². The number of hydrogen-bond acceptors (Lipinski definition) is 2. The molecule has 3 heteroatoms. The number of fused-ring (bicyclic) bond motifs is 1. The van der Waals surface area contributed by atoms with Gasteiger partial charge in [0.25, 0.3) is 0 Å². The third kappa shape index (κ3) is 1.18. The van der Waals surface area contributed by atoms with Crippen molar-refractivity contribution in [3.05, 3.63) is 40.2 Å². The highest BCUT2D eigenvalue weighted by atomic mass is 16.1. The number of benzene rings is 1. The molecule has 0 aliphatic rings. The molecule has 1 aromatic carbocycles. The molecule has 2 rings (SSSR count). The van der Waals surface area contributed by atoms with Crippen LogP contribution in [-0.2, 0) is 0 Å². The number of aromatic nitrogens is 1. The lowest BCUT2D eigenvalue weighted by molar-refractivity contribution is 1.37. The number of aryl methyl sites for hydroxylation is 1. The molecule has 3 nitrogen and oxygen atoms in total. The summed E-state index contributed by atoms with van der Waals surface area (Å²) in [5, 5.41) is 0.644. The topological polar surface area (TPSA) is 58.9 Å². The van der Waals surface area contributed by atoms with Crippen molar-refractivity contribution in [2.45, 2.75) is 6.92 Å². The molecule has 0 amide bonds. The summed E-state index contributed by atoms with van der Waals surface area (Å²) in [6.45, 7) is 1.98. The smallest absolute Gasteiger partial charge is 0.212 e.